The zero-order chi connectivity index (χ0) is 17.1. The maximum atomic E-state index is 12.6. The lowest BCUT2D eigenvalue weighted by Crippen LogP contribution is -2.25. The van der Waals surface area contributed by atoms with Crippen LogP contribution in [0, 0.1) is 6.92 Å². The number of amides is 1. The first kappa shape index (κ1) is 16.7. The van der Waals surface area contributed by atoms with Gasteiger partial charge in [-0.2, -0.15) is 0 Å². The van der Waals surface area contributed by atoms with Crippen molar-refractivity contribution in [2.75, 3.05) is 0 Å². The molecule has 0 spiro atoms. The molecule has 0 saturated carbocycles. The largest absolute Gasteiger partial charge is 0.334 e. The third-order valence-corrected chi connectivity index (χ3v) is 5.00. The van der Waals surface area contributed by atoms with Crippen LogP contribution in [0.3, 0.4) is 0 Å². The molecule has 1 aliphatic heterocycles. The van der Waals surface area contributed by atoms with Gasteiger partial charge in [-0.3, -0.25) is 4.79 Å². The molecule has 3 rings (SSSR count). The second-order valence-electron chi connectivity index (χ2n) is 6.67. The first-order valence-electron chi connectivity index (χ1n) is 8.77. The SMILES string of the molecule is CCc1ccc(CCC(=O)N2Cc3ccc(CN)cc3C2)c(C)c1. The standard InChI is InChI=1S/C21H26N2O/c1-3-16-4-6-18(15(2)10-16)8-9-21(24)23-13-19-7-5-17(12-22)11-20(19)14-23/h4-7,10-11H,3,8-9,12-14,22H2,1-2H3. The first-order valence-corrected chi connectivity index (χ1v) is 8.77. The van der Waals surface area contributed by atoms with E-state index in [2.05, 4.69) is 50.2 Å². The summed E-state index contributed by atoms with van der Waals surface area (Å²) in [5.74, 6) is 0.236. The minimum absolute atomic E-state index is 0.236. The van der Waals surface area contributed by atoms with Crippen LogP contribution in [0.4, 0.5) is 0 Å². The van der Waals surface area contributed by atoms with E-state index in [0.717, 1.165) is 31.5 Å². The number of nitrogens with two attached hydrogens (primary N) is 1. The van der Waals surface area contributed by atoms with Gasteiger partial charge < -0.3 is 10.6 Å². The molecule has 2 N–H and O–H groups in total. The van der Waals surface area contributed by atoms with Crippen molar-refractivity contribution in [1.82, 2.24) is 4.90 Å². The maximum Gasteiger partial charge on any atom is 0.223 e. The fourth-order valence-corrected chi connectivity index (χ4v) is 3.41. The summed E-state index contributed by atoms with van der Waals surface area (Å²) in [7, 11) is 0. The predicted octanol–water partition coefficient (Wildman–Crippen LogP) is 3.49. The lowest BCUT2D eigenvalue weighted by atomic mass is 10.00. The molecule has 0 atom stereocenters. The summed E-state index contributed by atoms with van der Waals surface area (Å²) < 4.78 is 0. The highest BCUT2D eigenvalue weighted by atomic mass is 16.2. The molecule has 0 saturated heterocycles. The number of carbonyl (C=O) groups is 1. The Morgan fingerprint density at radius 2 is 1.83 bits per heavy atom. The Morgan fingerprint density at radius 3 is 2.54 bits per heavy atom. The van der Waals surface area contributed by atoms with Crippen molar-refractivity contribution < 1.29 is 4.79 Å². The molecular weight excluding hydrogens is 296 g/mol. The summed E-state index contributed by atoms with van der Waals surface area (Å²) in [4.78, 5) is 14.5. The molecular formula is C21H26N2O. The molecule has 0 unspecified atom stereocenters. The highest BCUT2D eigenvalue weighted by Crippen LogP contribution is 2.25. The predicted molar refractivity (Wildman–Crippen MR) is 97.5 cm³/mol. The summed E-state index contributed by atoms with van der Waals surface area (Å²) in [5, 5.41) is 0. The molecule has 1 aliphatic rings. The number of carbonyl (C=O) groups excluding carboxylic acids is 1. The summed E-state index contributed by atoms with van der Waals surface area (Å²) in [6, 6.07) is 12.9. The van der Waals surface area contributed by atoms with Gasteiger partial charge in [0.2, 0.25) is 5.91 Å². The number of hydrogen-bond donors (Lipinski definition) is 1. The topological polar surface area (TPSA) is 46.3 Å². The van der Waals surface area contributed by atoms with E-state index in [0.29, 0.717) is 13.0 Å². The quantitative estimate of drug-likeness (QED) is 0.916. The van der Waals surface area contributed by atoms with Gasteiger partial charge in [-0.25, -0.2) is 0 Å². The molecule has 0 fully saturated rings. The molecule has 0 aliphatic carbocycles. The lowest BCUT2D eigenvalue weighted by molar-refractivity contribution is -0.131. The van der Waals surface area contributed by atoms with E-state index >= 15 is 0 Å². The molecule has 3 heteroatoms. The van der Waals surface area contributed by atoms with E-state index in [1.165, 1.54) is 27.8 Å². The number of hydrogen-bond acceptors (Lipinski definition) is 2. The van der Waals surface area contributed by atoms with E-state index in [-0.39, 0.29) is 5.91 Å². The lowest BCUT2D eigenvalue weighted by Gasteiger charge is -2.16. The number of benzene rings is 2. The Kier molecular flexibility index (Phi) is 5.00. The van der Waals surface area contributed by atoms with Crippen LogP contribution in [0.25, 0.3) is 0 Å². The third-order valence-electron chi connectivity index (χ3n) is 5.00. The van der Waals surface area contributed by atoms with Crippen LogP contribution in [0.1, 0.15) is 46.7 Å². The second-order valence-corrected chi connectivity index (χ2v) is 6.67. The van der Waals surface area contributed by atoms with Gasteiger partial charge in [0.05, 0.1) is 0 Å². The Morgan fingerprint density at radius 1 is 1.08 bits per heavy atom. The van der Waals surface area contributed by atoms with Gasteiger partial charge >= 0.3 is 0 Å². The van der Waals surface area contributed by atoms with Gasteiger partial charge in [0.1, 0.15) is 0 Å². The molecule has 3 nitrogen and oxygen atoms in total. The first-order chi connectivity index (χ1) is 11.6. The van der Waals surface area contributed by atoms with Crippen molar-refractivity contribution in [3.63, 3.8) is 0 Å². The van der Waals surface area contributed by atoms with Crippen molar-refractivity contribution >= 4 is 5.91 Å². The van der Waals surface area contributed by atoms with E-state index in [4.69, 9.17) is 5.73 Å². The zero-order valence-corrected chi connectivity index (χ0v) is 14.6. The Balaban J connectivity index is 1.60. The van der Waals surface area contributed by atoms with E-state index < -0.39 is 0 Å². The number of rotatable bonds is 5. The molecule has 0 radical (unpaired) electrons. The van der Waals surface area contributed by atoms with Gasteiger partial charge in [-0.15, -0.1) is 0 Å². The van der Waals surface area contributed by atoms with Crippen LogP contribution >= 0.6 is 0 Å². The van der Waals surface area contributed by atoms with Crippen LogP contribution in [-0.4, -0.2) is 10.8 Å². The molecule has 126 valence electrons. The zero-order valence-electron chi connectivity index (χ0n) is 14.6. The average molecular weight is 322 g/mol. The van der Waals surface area contributed by atoms with Crippen LogP contribution in [0.2, 0.25) is 0 Å². The molecule has 0 bridgehead atoms. The van der Waals surface area contributed by atoms with Crippen LogP contribution in [-0.2, 0) is 37.3 Å². The summed E-state index contributed by atoms with van der Waals surface area (Å²) in [6.45, 7) is 6.30. The Labute approximate surface area is 144 Å². The van der Waals surface area contributed by atoms with E-state index in [9.17, 15) is 4.79 Å². The third kappa shape index (κ3) is 3.51. The minimum Gasteiger partial charge on any atom is -0.334 e. The molecule has 2 aromatic rings. The summed E-state index contributed by atoms with van der Waals surface area (Å²) in [5.41, 5.74) is 13.3. The van der Waals surface area contributed by atoms with Gasteiger partial charge in [-0.05, 0) is 53.1 Å². The smallest absolute Gasteiger partial charge is 0.223 e. The second kappa shape index (κ2) is 7.18. The van der Waals surface area contributed by atoms with E-state index in [1.807, 2.05) is 4.90 Å². The molecule has 1 amide bonds. The number of aryl methyl sites for hydroxylation is 3. The molecule has 1 heterocycles. The van der Waals surface area contributed by atoms with Gasteiger partial charge in [0, 0.05) is 26.1 Å². The van der Waals surface area contributed by atoms with Crippen molar-refractivity contribution in [3.05, 3.63) is 69.8 Å². The monoisotopic (exact) mass is 322 g/mol. The highest BCUT2D eigenvalue weighted by Gasteiger charge is 2.23. The van der Waals surface area contributed by atoms with Gasteiger partial charge in [0.15, 0.2) is 0 Å². The van der Waals surface area contributed by atoms with Gasteiger partial charge in [0.25, 0.3) is 0 Å². The Bertz CT molecular complexity index is 751. The number of fused-ring (bicyclic) bond motifs is 1. The highest BCUT2D eigenvalue weighted by molar-refractivity contribution is 5.77. The van der Waals surface area contributed by atoms with Crippen LogP contribution in [0.5, 0.6) is 0 Å². The van der Waals surface area contributed by atoms with Gasteiger partial charge in [-0.1, -0.05) is 43.3 Å². The van der Waals surface area contributed by atoms with Crippen LogP contribution < -0.4 is 5.73 Å². The summed E-state index contributed by atoms with van der Waals surface area (Å²) >= 11 is 0. The molecule has 2 aromatic carbocycles. The molecule has 0 aromatic heterocycles. The Hall–Kier alpha value is -2.13. The molecule has 24 heavy (non-hydrogen) atoms. The van der Waals surface area contributed by atoms with Crippen molar-refractivity contribution in [1.29, 1.82) is 0 Å². The fourth-order valence-electron chi connectivity index (χ4n) is 3.41. The fraction of sp³-hybridized carbons (Fsp3) is 0.381. The van der Waals surface area contributed by atoms with Crippen molar-refractivity contribution in [3.8, 4) is 0 Å². The number of nitrogens with zero attached hydrogens (tertiary/aromatic N) is 1. The van der Waals surface area contributed by atoms with Crippen molar-refractivity contribution in [2.45, 2.75) is 52.7 Å². The summed E-state index contributed by atoms with van der Waals surface area (Å²) in [6.07, 6.45) is 2.44. The van der Waals surface area contributed by atoms with E-state index in [1.54, 1.807) is 0 Å². The normalized spacial score (nSPS) is 13.2. The van der Waals surface area contributed by atoms with Crippen molar-refractivity contribution in [2.24, 2.45) is 5.73 Å². The maximum absolute atomic E-state index is 12.6. The average Bonchev–Trinajstić information content (AvgIpc) is 3.03. The van der Waals surface area contributed by atoms with Crippen LogP contribution in [0.15, 0.2) is 36.4 Å². The minimum atomic E-state index is 0.236.